The van der Waals surface area contributed by atoms with Gasteiger partial charge in [0.2, 0.25) is 5.91 Å². The number of carbonyl (C=O) groups is 3. The Kier molecular flexibility index (Phi) is 5.68. The minimum Gasteiger partial charge on any atom is -0.462 e. The molecule has 1 saturated heterocycles. The van der Waals surface area contributed by atoms with Crippen LogP contribution in [0.15, 0.2) is 34.9 Å². The summed E-state index contributed by atoms with van der Waals surface area (Å²) >= 11 is 1.13. The molecular weight excluding hydrogens is 388 g/mol. The SMILES string of the molecule is CCCOC(=O)C1=C(C(=O)OCc2ccc([N+](=O)[O-])cc2)N2C(=O)[C@H](C)[C@H]2S1. The Morgan fingerprint density at radius 2 is 1.89 bits per heavy atom. The molecule has 2 atom stereocenters. The minimum absolute atomic E-state index is 0.0739. The van der Waals surface area contributed by atoms with Crippen LogP contribution in [0.5, 0.6) is 0 Å². The third-order valence-electron chi connectivity index (χ3n) is 4.34. The van der Waals surface area contributed by atoms with E-state index in [0.717, 1.165) is 11.8 Å². The van der Waals surface area contributed by atoms with Crippen LogP contribution in [-0.4, -0.2) is 39.6 Å². The lowest BCUT2D eigenvalue weighted by Gasteiger charge is -2.40. The average Bonchev–Trinajstić information content (AvgIpc) is 3.07. The zero-order chi connectivity index (χ0) is 20.4. The molecule has 0 radical (unpaired) electrons. The molecule has 10 heteroatoms. The molecule has 0 N–H and O–H groups in total. The monoisotopic (exact) mass is 406 g/mol. The quantitative estimate of drug-likeness (QED) is 0.293. The summed E-state index contributed by atoms with van der Waals surface area (Å²) in [6.45, 7) is 3.64. The number of nitrogens with zero attached hydrogens (tertiary/aromatic N) is 2. The summed E-state index contributed by atoms with van der Waals surface area (Å²) in [5, 5.41) is 10.4. The van der Waals surface area contributed by atoms with Crippen molar-refractivity contribution in [1.82, 2.24) is 4.90 Å². The Bertz CT molecular complexity index is 865. The Balaban J connectivity index is 1.75. The van der Waals surface area contributed by atoms with E-state index in [9.17, 15) is 24.5 Å². The van der Waals surface area contributed by atoms with E-state index in [0.29, 0.717) is 12.0 Å². The Morgan fingerprint density at radius 1 is 1.21 bits per heavy atom. The van der Waals surface area contributed by atoms with Gasteiger partial charge in [0.05, 0.1) is 22.8 Å². The normalized spacial score (nSPS) is 20.5. The van der Waals surface area contributed by atoms with Crippen molar-refractivity contribution in [3.05, 3.63) is 50.5 Å². The van der Waals surface area contributed by atoms with E-state index >= 15 is 0 Å². The van der Waals surface area contributed by atoms with Gasteiger partial charge in [-0.15, -0.1) is 0 Å². The first-order valence-electron chi connectivity index (χ1n) is 8.66. The molecule has 0 spiro atoms. The molecule has 0 saturated carbocycles. The zero-order valence-electron chi connectivity index (χ0n) is 15.2. The van der Waals surface area contributed by atoms with Gasteiger partial charge < -0.3 is 9.47 Å². The third-order valence-corrected chi connectivity index (χ3v) is 5.79. The number of thioether (sulfide) groups is 1. The number of carbonyl (C=O) groups excluding carboxylic acids is 3. The number of esters is 2. The minimum atomic E-state index is -0.808. The molecule has 1 amide bonds. The molecule has 0 aromatic heterocycles. The smallest absolute Gasteiger partial charge is 0.356 e. The van der Waals surface area contributed by atoms with Gasteiger partial charge in [-0.1, -0.05) is 25.6 Å². The van der Waals surface area contributed by atoms with Crippen LogP contribution in [0.1, 0.15) is 25.8 Å². The molecule has 148 valence electrons. The van der Waals surface area contributed by atoms with Gasteiger partial charge in [0.25, 0.3) is 5.69 Å². The van der Waals surface area contributed by atoms with Crippen molar-refractivity contribution in [3.8, 4) is 0 Å². The molecule has 28 heavy (non-hydrogen) atoms. The van der Waals surface area contributed by atoms with Gasteiger partial charge in [-0.25, -0.2) is 9.59 Å². The second kappa shape index (κ2) is 8.01. The fourth-order valence-corrected chi connectivity index (χ4v) is 4.14. The number of non-ortho nitro benzene ring substituents is 1. The van der Waals surface area contributed by atoms with Crippen LogP contribution in [0.3, 0.4) is 0 Å². The van der Waals surface area contributed by atoms with Crippen molar-refractivity contribution >= 4 is 35.3 Å². The van der Waals surface area contributed by atoms with Crippen LogP contribution in [0.2, 0.25) is 0 Å². The Labute approximate surface area is 164 Å². The van der Waals surface area contributed by atoms with Gasteiger partial charge in [0.15, 0.2) is 5.70 Å². The van der Waals surface area contributed by atoms with E-state index in [4.69, 9.17) is 9.47 Å². The number of hydrogen-bond acceptors (Lipinski definition) is 8. The van der Waals surface area contributed by atoms with Crippen LogP contribution in [-0.2, 0) is 30.5 Å². The molecule has 3 rings (SSSR count). The van der Waals surface area contributed by atoms with Gasteiger partial charge in [-0.3, -0.25) is 19.8 Å². The summed E-state index contributed by atoms with van der Waals surface area (Å²) in [4.78, 5) is 48.6. The number of amides is 1. The zero-order valence-corrected chi connectivity index (χ0v) is 16.1. The maximum absolute atomic E-state index is 12.6. The topological polar surface area (TPSA) is 116 Å². The summed E-state index contributed by atoms with van der Waals surface area (Å²) < 4.78 is 10.4. The number of ether oxygens (including phenoxy) is 2. The van der Waals surface area contributed by atoms with E-state index in [1.807, 2.05) is 6.92 Å². The highest BCUT2D eigenvalue weighted by atomic mass is 32.2. The molecule has 0 unspecified atom stereocenters. The first-order chi connectivity index (χ1) is 13.3. The fraction of sp³-hybridized carbons (Fsp3) is 0.389. The summed E-state index contributed by atoms with van der Waals surface area (Å²) in [6.07, 6.45) is 0.631. The second-order valence-electron chi connectivity index (χ2n) is 6.32. The van der Waals surface area contributed by atoms with Crippen molar-refractivity contribution < 1.29 is 28.8 Å². The molecule has 0 aliphatic carbocycles. The lowest BCUT2D eigenvalue weighted by molar-refractivity contribution is -0.384. The summed E-state index contributed by atoms with van der Waals surface area (Å²) in [6, 6.07) is 5.55. The van der Waals surface area contributed by atoms with Gasteiger partial charge >= 0.3 is 11.9 Å². The molecule has 1 aromatic carbocycles. The predicted molar refractivity (Wildman–Crippen MR) is 98.6 cm³/mol. The number of rotatable bonds is 7. The highest BCUT2D eigenvalue weighted by molar-refractivity contribution is 8.05. The van der Waals surface area contributed by atoms with Crippen molar-refractivity contribution in [2.24, 2.45) is 5.92 Å². The van der Waals surface area contributed by atoms with E-state index < -0.39 is 16.9 Å². The molecule has 1 fully saturated rings. The Hall–Kier alpha value is -2.88. The lowest BCUT2D eigenvalue weighted by Crippen LogP contribution is -2.56. The number of nitro benzene ring substituents is 1. The standard InChI is InChI=1S/C18H18N2O7S/c1-3-8-26-18(23)14-13(19-15(21)10(2)16(19)28-14)17(22)27-9-11-4-6-12(7-5-11)20(24)25/h4-7,10,16H,3,8-9H2,1-2H3/t10-,16+/m0/s1. The molecule has 9 nitrogen and oxygen atoms in total. The summed E-state index contributed by atoms with van der Waals surface area (Å²) in [7, 11) is 0. The highest BCUT2D eigenvalue weighted by Gasteiger charge is 2.55. The van der Waals surface area contributed by atoms with Gasteiger partial charge in [-0.05, 0) is 24.1 Å². The van der Waals surface area contributed by atoms with E-state index in [1.54, 1.807) is 6.92 Å². The van der Waals surface area contributed by atoms with Crippen LogP contribution in [0.25, 0.3) is 0 Å². The number of hydrogen-bond donors (Lipinski definition) is 0. The van der Waals surface area contributed by atoms with E-state index in [2.05, 4.69) is 0 Å². The maximum atomic E-state index is 12.6. The second-order valence-corrected chi connectivity index (χ2v) is 7.45. The Morgan fingerprint density at radius 3 is 2.50 bits per heavy atom. The number of benzene rings is 1. The number of β-lactam (4-membered cyclic amide) rings is 1. The first-order valence-corrected chi connectivity index (χ1v) is 9.54. The van der Waals surface area contributed by atoms with Crippen molar-refractivity contribution in [1.29, 1.82) is 0 Å². The summed E-state index contributed by atoms with van der Waals surface area (Å²) in [5.74, 6) is -2.02. The number of fused-ring (bicyclic) bond motifs is 1. The predicted octanol–water partition coefficient (Wildman–Crippen LogP) is 2.35. The van der Waals surface area contributed by atoms with Crippen LogP contribution in [0.4, 0.5) is 5.69 Å². The van der Waals surface area contributed by atoms with Crippen molar-refractivity contribution in [2.75, 3.05) is 6.61 Å². The summed E-state index contributed by atoms with van der Waals surface area (Å²) in [5.41, 5.74) is 0.371. The fourth-order valence-electron chi connectivity index (χ4n) is 2.81. The van der Waals surface area contributed by atoms with Gasteiger partial charge in [-0.2, -0.15) is 0 Å². The average molecular weight is 406 g/mol. The van der Waals surface area contributed by atoms with Crippen molar-refractivity contribution in [3.63, 3.8) is 0 Å². The molecular formula is C18H18N2O7S. The van der Waals surface area contributed by atoms with Crippen LogP contribution in [0, 0.1) is 16.0 Å². The number of nitro groups is 1. The van der Waals surface area contributed by atoms with Gasteiger partial charge in [0.1, 0.15) is 11.5 Å². The van der Waals surface area contributed by atoms with Crippen molar-refractivity contribution in [2.45, 2.75) is 32.2 Å². The first kappa shape index (κ1) is 19.9. The lowest BCUT2D eigenvalue weighted by atomic mass is 10.00. The molecule has 2 heterocycles. The molecule has 1 aromatic rings. The molecule has 2 aliphatic heterocycles. The van der Waals surface area contributed by atoms with Crippen LogP contribution >= 0.6 is 11.8 Å². The highest BCUT2D eigenvalue weighted by Crippen LogP contribution is 2.49. The maximum Gasteiger partial charge on any atom is 0.356 e. The largest absolute Gasteiger partial charge is 0.462 e. The van der Waals surface area contributed by atoms with Crippen LogP contribution < -0.4 is 0 Å². The van der Waals surface area contributed by atoms with E-state index in [-0.39, 0.29) is 46.7 Å². The molecule has 0 bridgehead atoms. The van der Waals surface area contributed by atoms with E-state index in [1.165, 1.54) is 29.2 Å². The third kappa shape index (κ3) is 3.59. The molecule has 2 aliphatic rings. The van der Waals surface area contributed by atoms with Gasteiger partial charge in [0, 0.05) is 12.1 Å².